The van der Waals surface area contributed by atoms with Crippen LogP contribution in [0.5, 0.6) is 0 Å². The number of aromatic nitrogens is 1. The van der Waals surface area contributed by atoms with E-state index in [1.165, 1.54) is 4.31 Å². The van der Waals surface area contributed by atoms with Gasteiger partial charge in [-0.3, -0.25) is 14.2 Å². The van der Waals surface area contributed by atoms with Crippen molar-refractivity contribution in [2.45, 2.75) is 44.2 Å². The molecule has 176 valence electrons. The van der Waals surface area contributed by atoms with Crippen molar-refractivity contribution in [3.8, 4) is 0 Å². The van der Waals surface area contributed by atoms with Gasteiger partial charge in [-0.05, 0) is 55.2 Å². The first-order valence-electron chi connectivity index (χ1n) is 11.0. The first-order chi connectivity index (χ1) is 15.8. The average molecular weight is 508 g/mol. The lowest BCUT2D eigenvalue weighted by molar-refractivity contribution is -0.126. The summed E-state index contributed by atoms with van der Waals surface area (Å²) in [5.74, 6) is -0.287. The van der Waals surface area contributed by atoms with Crippen molar-refractivity contribution in [2.24, 2.45) is 5.92 Å². The maximum atomic E-state index is 13.2. The molecule has 0 radical (unpaired) electrons. The maximum Gasteiger partial charge on any atom is 0.308 e. The number of fused-ring (bicyclic) bond motifs is 1. The number of piperidine rings is 1. The van der Waals surface area contributed by atoms with E-state index in [1.54, 1.807) is 34.9 Å². The third kappa shape index (κ3) is 5.16. The molecule has 0 saturated carbocycles. The summed E-state index contributed by atoms with van der Waals surface area (Å²) in [7, 11) is -3.69. The highest BCUT2D eigenvalue weighted by Gasteiger charge is 2.32. The number of hydrogen-bond acceptors (Lipinski definition) is 5. The SMILES string of the molecule is CCCn1c(=O)sc2cc(S(=O)(=O)N3CCC(C(=O)NCc4ccc(Cl)cc4)CC3)ccc21. The number of nitrogens with one attached hydrogen (secondary N) is 1. The van der Waals surface area contributed by atoms with Gasteiger partial charge in [0.15, 0.2) is 0 Å². The third-order valence-electron chi connectivity index (χ3n) is 5.93. The molecule has 33 heavy (non-hydrogen) atoms. The van der Waals surface area contributed by atoms with Crippen LogP contribution in [0.4, 0.5) is 0 Å². The highest BCUT2D eigenvalue weighted by atomic mass is 35.5. The monoisotopic (exact) mass is 507 g/mol. The normalized spacial score (nSPS) is 15.7. The van der Waals surface area contributed by atoms with Gasteiger partial charge >= 0.3 is 4.87 Å². The first kappa shape index (κ1) is 23.9. The molecule has 7 nitrogen and oxygen atoms in total. The minimum Gasteiger partial charge on any atom is -0.352 e. The third-order valence-corrected chi connectivity index (χ3v) is 9.02. The zero-order valence-electron chi connectivity index (χ0n) is 18.3. The number of carbonyl (C=O) groups is 1. The summed E-state index contributed by atoms with van der Waals surface area (Å²) in [6, 6.07) is 12.2. The highest BCUT2D eigenvalue weighted by Crippen LogP contribution is 2.27. The van der Waals surface area contributed by atoms with Crippen molar-refractivity contribution >= 4 is 49.1 Å². The number of aryl methyl sites for hydroxylation is 1. The Labute approximate surface area is 202 Å². The largest absolute Gasteiger partial charge is 0.352 e. The Balaban J connectivity index is 1.39. The van der Waals surface area contributed by atoms with E-state index >= 15 is 0 Å². The van der Waals surface area contributed by atoms with Crippen LogP contribution < -0.4 is 10.2 Å². The summed E-state index contributed by atoms with van der Waals surface area (Å²) in [6.07, 6.45) is 1.76. The molecule has 4 rings (SSSR count). The number of amides is 1. The van der Waals surface area contributed by atoms with Gasteiger partial charge in [0.25, 0.3) is 0 Å². The molecule has 2 heterocycles. The summed E-state index contributed by atoms with van der Waals surface area (Å²) >= 11 is 6.95. The molecule has 1 fully saturated rings. The Morgan fingerprint density at radius 1 is 1.15 bits per heavy atom. The van der Waals surface area contributed by atoms with Crippen LogP contribution in [0.1, 0.15) is 31.7 Å². The van der Waals surface area contributed by atoms with Crippen molar-refractivity contribution in [3.63, 3.8) is 0 Å². The van der Waals surface area contributed by atoms with Gasteiger partial charge in [-0.15, -0.1) is 0 Å². The molecule has 0 aliphatic carbocycles. The zero-order valence-corrected chi connectivity index (χ0v) is 20.7. The van der Waals surface area contributed by atoms with E-state index in [4.69, 9.17) is 11.6 Å². The van der Waals surface area contributed by atoms with Crippen molar-refractivity contribution in [3.05, 3.63) is 62.7 Å². The van der Waals surface area contributed by atoms with Crippen LogP contribution in [0.2, 0.25) is 5.02 Å². The summed E-state index contributed by atoms with van der Waals surface area (Å²) < 4.78 is 30.2. The molecule has 1 aliphatic heterocycles. The summed E-state index contributed by atoms with van der Waals surface area (Å²) in [4.78, 5) is 24.9. The van der Waals surface area contributed by atoms with Gasteiger partial charge in [0.05, 0.1) is 15.1 Å². The standard InChI is InChI=1S/C23H26ClN3O4S2/c1-2-11-27-20-8-7-19(14-21(20)32-23(27)29)33(30,31)26-12-9-17(10-13-26)22(28)25-15-16-3-5-18(24)6-4-16/h3-8,14,17H,2,9-13,15H2,1H3,(H,25,28). The maximum absolute atomic E-state index is 13.2. The van der Waals surface area contributed by atoms with Crippen LogP contribution in [0.3, 0.4) is 0 Å². The quantitative estimate of drug-likeness (QED) is 0.526. The van der Waals surface area contributed by atoms with E-state index in [-0.39, 0.29) is 34.7 Å². The molecule has 1 amide bonds. The first-order valence-corrected chi connectivity index (χ1v) is 13.6. The molecule has 0 atom stereocenters. The van der Waals surface area contributed by atoms with Crippen LogP contribution in [0.15, 0.2) is 52.2 Å². The second-order valence-corrected chi connectivity index (χ2v) is 11.5. The molecule has 1 saturated heterocycles. The highest BCUT2D eigenvalue weighted by molar-refractivity contribution is 7.89. The predicted octanol–water partition coefficient (Wildman–Crippen LogP) is 3.84. The fourth-order valence-corrected chi connectivity index (χ4v) is 6.74. The van der Waals surface area contributed by atoms with Crippen LogP contribution in [0.25, 0.3) is 10.2 Å². The van der Waals surface area contributed by atoms with Crippen LogP contribution in [0, 0.1) is 5.92 Å². The molecule has 0 unspecified atom stereocenters. The molecular weight excluding hydrogens is 482 g/mol. The molecule has 1 N–H and O–H groups in total. The zero-order chi connectivity index (χ0) is 23.6. The van der Waals surface area contributed by atoms with Gasteiger partial charge in [0.1, 0.15) is 0 Å². The van der Waals surface area contributed by atoms with E-state index in [9.17, 15) is 18.0 Å². The average Bonchev–Trinajstić information content (AvgIpc) is 3.13. The van der Waals surface area contributed by atoms with E-state index in [0.29, 0.717) is 35.7 Å². The van der Waals surface area contributed by atoms with E-state index in [0.717, 1.165) is 28.8 Å². The number of benzene rings is 2. The lowest BCUT2D eigenvalue weighted by atomic mass is 9.97. The number of hydrogen-bond donors (Lipinski definition) is 1. The number of halogens is 1. The number of nitrogens with zero attached hydrogens (tertiary/aromatic N) is 2. The van der Waals surface area contributed by atoms with Crippen LogP contribution in [-0.4, -0.2) is 36.3 Å². The number of carbonyl (C=O) groups excluding carboxylic acids is 1. The van der Waals surface area contributed by atoms with E-state index < -0.39 is 10.0 Å². The summed E-state index contributed by atoms with van der Waals surface area (Å²) in [5, 5.41) is 3.57. The minimum absolute atomic E-state index is 0.0644. The Morgan fingerprint density at radius 2 is 1.85 bits per heavy atom. The van der Waals surface area contributed by atoms with Gasteiger partial charge < -0.3 is 5.32 Å². The van der Waals surface area contributed by atoms with Gasteiger partial charge in [0.2, 0.25) is 15.9 Å². The fraction of sp³-hybridized carbons (Fsp3) is 0.391. The van der Waals surface area contributed by atoms with Crippen molar-refractivity contribution in [2.75, 3.05) is 13.1 Å². The molecule has 10 heteroatoms. The Kier molecular flexibility index (Phi) is 7.23. The number of sulfonamides is 1. The topological polar surface area (TPSA) is 88.5 Å². The van der Waals surface area contributed by atoms with Gasteiger partial charge in [-0.25, -0.2) is 8.42 Å². The molecule has 2 aromatic carbocycles. The molecule has 3 aromatic rings. The van der Waals surface area contributed by atoms with Gasteiger partial charge in [-0.1, -0.05) is 42.0 Å². The molecule has 1 aliphatic rings. The second kappa shape index (κ2) is 9.97. The predicted molar refractivity (Wildman–Crippen MR) is 131 cm³/mol. The Bertz CT molecular complexity index is 1310. The van der Waals surface area contributed by atoms with Gasteiger partial charge in [0, 0.05) is 37.1 Å². The van der Waals surface area contributed by atoms with E-state index in [2.05, 4.69) is 5.32 Å². The molecule has 0 bridgehead atoms. The van der Waals surface area contributed by atoms with Crippen molar-refractivity contribution in [1.29, 1.82) is 0 Å². The molecule has 1 aromatic heterocycles. The lowest BCUT2D eigenvalue weighted by Crippen LogP contribution is -2.42. The number of rotatable bonds is 7. The smallest absolute Gasteiger partial charge is 0.308 e. The fourth-order valence-electron chi connectivity index (χ4n) is 4.09. The Hall–Kier alpha value is -2.20. The number of thiazole rings is 1. The van der Waals surface area contributed by atoms with E-state index in [1.807, 2.05) is 19.1 Å². The Morgan fingerprint density at radius 3 is 2.52 bits per heavy atom. The minimum atomic E-state index is -3.69. The van der Waals surface area contributed by atoms with Gasteiger partial charge in [-0.2, -0.15) is 4.31 Å². The summed E-state index contributed by atoms with van der Waals surface area (Å²) in [5.41, 5.74) is 1.72. The second-order valence-electron chi connectivity index (χ2n) is 8.17. The van der Waals surface area contributed by atoms with Crippen molar-refractivity contribution < 1.29 is 13.2 Å². The van der Waals surface area contributed by atoms with Crippen LogP contribution in [-0.2, 0) is 27.9 Å². The molecule has 0 spiro atoms. The van der Waals surface area contributed by atoms with Crippen LogP contribution >= 0.6 is 22.9 Å². The lowest BCUT2D eigenvalue weighted by Gasteiger charge is -2.30. The van der Waals surface area contributed by atoms with Crippen molar-refractivity contribution in [1.82, 2.24) is 14.2 Å². The summed E-state index contributed by atoms with van der Waals surface area (Å²) in [6.45, 7) is 3.59. The molecular formula is C23H26ClN3O4S2.